The number of nitrogens with two attached hydrogens (primary N) is 1. The van der Waals surface area contributed by atoms with E-state index in [-0.39, 0.29) is 17.3 Å². The number of benzene rings is 2. The van der Waals surface area contributed by atoms with Gasteiger partial charge in [-0.05, 0) is 17.7 Å². The first-order chi connectivity index (χ1) is 16.3. The standard InChI is InChI=1S/C22H17BrN6O5/c1-33-21-16(9-26-22(28-21)34-2)11-3-4-15-18(5-11)25-10-17(20(24)30)19(15)27-13-6-12(23)7-14(8-13)29(31)32/h3-10H,1-2H3,(H2,24,30)(H,25,27). The van der Waals surface area contributed by atoms with Crippen LogP contribution < -0.4 is 20.5 Å². The van der Waals surface area contributed by atoms with E-state index >= 15 is 0 Å². The van der Waals surface area contributed by atoms with Gasteiger partial charge in [0.05, 0.1) is 41.5 Å². The van der Waals surface area contributed by atoms with Crippen LogP contribution in [0, 0.1) is 10.1 Å². The number of anilines is 2. The summed E-state index contributed by atoms with van der Waals surface area (Å²) in [5.74, 6) is -0.379. The van der Waals surface area contributed by atoms with Gasteiger partial charge in [-0.15, -0.1) is 0 Å². The summed E-state index contributed by atoms with van der Waals surface area (Å²) in [6, 6.07) is 9.87. The number of hydrogen-bond acceptors (Lipinski definition) is 9. The molecule has 0 fully saturated rings. The zero-order valence-electron chi connectivity index (χ0n) is 17.9. The molecule has 0 bridgehead atoms. The fourth-order valence-electron chi connectivity index (χ4n) is 3.38. The van der Waals surface area contributed by atoms with Crippen molar-refractivity contribution >= 4 is 49.8 Å². The van der Waals surface area contributed by atoms with Gasteiger partial charge in [-0.2, -0.15) is 4.98 Å². The van der Waals surface area contributed by atoms with Crippen molar-refractivity contribution in [2.75, 3.05) is 19.5 Å². The summed E-state index contributed by atoms with van der Waals surface area (Å²) in [7, 11) is 2.95. The summed E-state index contributed by atoms with van der Waals surface area (Å²) in [5, 5.41) is 14.9. The Morgan fingerprint density at radius 3 is 2.59 bits per heavy atom. The molecule has 0 aliphatic carbocycles. The summed E-state index contributed by atoms with van der Waals surface area (Å²) in [5.41, 5.74) is 8.21. The Kier molecular flexibility index (Phi) is 6.23. The Bertz CT molecular complexity index is 1450. The number of halogens is 1. The van der Waals surface area contributed by atoms with Gasteiger partial charge in [0, 0.05) is 40.1 Å². The largest absolute Gasteiger partial charge is 0.480 e. The van der Waals surface area contributed by atoms with E-state index in [9.17, 15) is 14.9 Å². The maximum absolute atomic E-state index is 12.1. The Balaban J connectivity index is 1.85. The maximum atomic E-state index is 12.1. The van der Waals surface area contributed by atoms with E-state index in [0.29, 0.717) is 38.2 Å². The molecule has 0 radical (unpaired) electrons. The normalized spacial score (nSPS) is 10.7. The van der Waals surface area contributed by atoms with E-state index in [1.54, 1.807) is 30.5 Å². The highest BCUT2D eigenvalue weighted by Gasteiger charge is 2.18. The van der Waals surface area contributed by atoms with E-state index in [0.717, 1.165) is 5.56 Å². The van der Waals surface area contributed by atoms with Crippen molar-refractivity contribution in [3.8, 4) is 23.0 Å². The number of non-ortho nitro benzene ring substituents is 1. The number of aromatic nitrogens is 3. The SMILES string of the molecule is COc1ncc(-c2ccc3c(Nc4cc(Br)cc([N+](=O)[O-])c4)c(C(N)=O)cnc3c2)c(OC)n1. The second-order valence-corrected chi connectivity index (χ2v) is 7.92. The molecule has 4 rings (SSSR count). The van der Waals surface area contributed by atoms with Crippen LogP contribution in [0.5, 0.6) is 11.9 Å². The van der Waals surface area contributed by atoms with Crippen molar-refractivity contribution < 1.29 is 19.2 Å². The first kappa shape index (κ1) is 22.9. The molecule has 1 amide bonds. The number of amides is 1. The molecule has 0 saturated heterocycles. The summed E-state index contributed by atoms with van der Waals surface area (Å²) in [6.45, 7) is 0. The molecule has 0 aliphatic rings. The van der Waals surface area contributed by atoms with Crippen LogP contribution in [-0.4, -0.2) is 40.0 Å². The molecular formula is C22H17BrN6O5. The highest BCUT2D eigenvalue weighted by atomic mass is 79.9. The summed E-state index contributed by atoms with van der Waals surface area (Å²) >= 11 is 3.27. The Hall–Kier alpha value is -4.32. The van der Waals surface area contributed by atoms with Crippen molar-refractivity contribution in [1.82, 2.24) is 15.0 Å². The van der Waals surface area contributed by atoms with Gasteiger partial charge in [-0.3, -0.25) is 19.9 Å². The van der Waals surface area contributed by atoms with Gasteiger partial charge in [0.25, 0.3) is 11.6 Å². The Labute approximate surface area is 201 Å². The molecule has 11 nitrogen and oxygen atoms in total. The quantitative estimate of drug-likeness (QED) is 0.266. The lowest BCUT2D eigenvalue weighted by Gasteiger charge is -2.15. The molecule has 34 heavy (non-hydrogen) atoms. The molecule has 12 heteroatoms. The number of nitrogens with zero attached hydrogens (tertiary/aromatic N) is 4. The molecule has 2 aromatic heterocycles. The van der Waals surface area contributed by atoms with Crippen molar-refractivity contribution in [2.24, 2.45) is 5.73 Å². The van der Waals surface area contributed by atoms with Gasteiger partial charge in [-0.25, -0.2) is 4.98 Å². The summed E-state index contributed by atoms with van der Waals surface area (Å²) in [4.78, 5) is 35.6. The fraction of sp³-hybridized carbons (Fsp3) is 0.0909. The molecule has 4 aromatic rings. The fourth-order valence-corrected chi connectivity index (χ4v) is 3.86. The van der Waals surface area contributed by atoms with Crippen LogP contribution in [0.25, 0.3) is 22.0 Å². The number of rotatable bonds is 7. The molecule has 3 N–H and O–H groups in total. The van der Waals surface area contributed by atoms with Gasteiger partial charge >= 0.3 is 6.01 Å². The third-order valence-electron chi connectivity index (χ3n) is 4.92. The number of pyridine rings is 1. The Morgan fingerprint density at radius 2 is 1.91 bits per heavy atom. The molecule has 172 valence electrons. The minimum absolute atomic E-state index is 0.121. The number of carbonyl (C=O) groups excluding carboxylic acids is 1. The molecule has 0 atom stereocenters. The lowest BCUT2D eigenvalue weighted by atomic mass is 10.0. The Morgan fingerprint density at radius 1 is 1.12 bits per heavy atom. The van der Waals surface area contributed by atoms with Gasteiger partial charge in [0.2, 0.25) is 5.88 Å². The van der Waals surface area contributed by atoms with Crippen LogP contribution in [0.1, 0.15) is 10.4 Å². The first-order valence-electron chi connectivity index (χ1n) is 9.70. The second-order valence-electron chi connectivity index (χ2n) is 7.00. The summed E-state index contributed by atoms with van der Waals surface area (Å²) in [6.07, 6.45) is 2.92. The van der Waals surface area contributed by atoms with Crippen LogP contribution in [0.4, 0.5) is 17.1 Å². The van der Waals surface area contributed by atoms with Crippen LogP contribution in [0.2, 0.25) is 0 Å². The zero-order chi connectivity index (χ0) is 24.4. The third kappa shape index (κ3) is 4.43. The van der Waals surface area contributed by atoms with Gasteiger partial charge in [0.15, 0.2) is 0 Å². The summed E-state index contributed by atoms with van der Waals surface area (Å²) < 4.78 is 10.9. The third-order valence-corrected chi connectivity index (χ3v) is 5.37. The molecule has 0 aliphatic heterocycles. The van der Waals surface area contributed by atoms with Crippen LogP contribution in [0.15, 0.2) is 53.3 Å². The highest BCUT2D eigenvalue weighted by molar-refractivity contribution is 9.10. The van der Waals surface area contributed by atoms with Crippen LogP contribution >= 0.6 is 15.9 Å². The first-order valence-corrected chi connectivity index (χ1v) is 10.5. The number of nitro benzene ring substituents is 1. The van der Waals surface area contributed by atoms with Gasteiger partial charge < -0.3 is 20.5 Å². The number of nitrogens with one attached hydrogen (secondary N) is 1. The van der Waals surface area contributed by atoms with Crippen molar-refractivity contribution in [1.29, 1.82) is 0 Å². The number of ether oxygens (including phenoxy) is 2. The number of hydrogen-bond donors (Lipinski definition) is 2. The minimum atomic E-state index is -0.698. The van der Waals surface area contributed by atoms with Crippen molar-refractivity contribution in [2.45, 2.75) is 0 Å². The topological polar surface area (TPSA) is 155 Å². The van der Waals surface area contributed by atoms with Crippen molar-refractivity contribution in [3.05, 3.63) is 68.9 Å². The lowest BCUT2D eigenvalue weighted by molar-refractivity contribution is -0.384. The number of primary amides is 1. The van der Waals surface area contributed by atoms with E-state index < -0.39 is 10.8 Å². The van der Waals surface area contributed by atoms with Crippen molar-refractivity contribution in [3.63, 3.8) is 0 Å². The molecule has 0 unspecified atom stereocenters. The van der Waals surface area contributed by atoms with Crippen LogP contribution in [0.3, 0.4) is 0 Å². The lowest BCUT2D eigenvalue weighted by Crippen LogP contribution is -2.14. The number of carbonyl (C=O) groups is 1. The average molecular weight is 525 g/mol. The maximum Gasteiger partial charge on any atom is 0.319 e. The monoisotopic (exact) mass is 524 g/mol. The highest BCUT2D eigenvalue weighted by Crippen LogP contribution is 2.35. The molecule has 2 aromatic carbocycles. The zero-order valence-corrected chi connectivity index (χ0v) is 19.5. The molecule has 2 heterocycles. The van der Waals surface area contributed by atoms with Gasteiger partial charge in [0.1, 0.15) is 0 Å². The van der Waals surface area contributed by atoms with Gasteiger partial charge in [-0.1, -0.05) is 28.1 Å². The smallest absolute Gasteiger partial charge is 0.319 e. The van der Waals surface area contributed by atoms with E-state index in [1.165, 1.54) is 32.5 Å². The number of fused-ring (bicyclic) bond motifs is 1. The minimum Gasteiger partial charge on any atom is -0.480 e. The van der Waals surface area contributed by atoms with E-state index in [1.807, 2.05) is 0 Å². The predicted octanol–water partition coefficient (Wildman–Crippen LogP) is 4.22. The van der Waals surface area contributed by atoms with E-state index in [4.69, 9.17) is 15.2 Å². The van der Waals surface area contributed by atoms with E-state index in [2.05, 4.69) is 36.2 Å². The molecular weight excluding hydrogens is 508 g/mol. The number of nitro groups is 1. The number of methoxy groups -OCH3 is 2. The molecule has 0 saturated carbocycles. The molecule has 0 spiro atoms. The average Bonchev–Trinajstić information content (AvgIpc) is 2.82. The second kappa shape index (κ2) is 9.27. The van der Waals surface area contributed by atoms with Crippen LogP contribution in [-0.2, 0) is 0 Å². The predicted molar refractivity (Wildman–Crippen MR) is 128 cm³/mol.